The molecule has 1 aliphatic heterocycles. The van der Waals surface area contributed by atoms with Crippen molar-refractivity contribution in [3.63, 3.8) is 0 Å². The lowest BCUT2D eigenvalue weighted by molar-refractivity contribution is -0.0153. The Morgan fingerprint density at radius 3 is 2.09 bits per heavy atom. The molecule has 1 aliphatic rings. The Bertz CT molecular complexity index is 1040. The molecule has 1 saturated heterocycles. The fourth-order valence-electron chi connectivity index (χ4n) is 3.42. The first kappa shape index (κ1) is 26.7. The highest BCUT2D eigenvalue weighted by Gasteiger charge is 2.54. The number of hydrogen-bond donors (Lipinski definition) is 2. The molecule has 10 nitrogen and oxygen atoms in total. The van der Waals surface area contributed by atoms with Crippen molar-refractivity contribution in [2.24, 2.45) is 5.16 Å². The molecule has 12 heteroatoms. The predicted octanol–water partition coefficient (Wildman–Crippen LogP) is 4.55. The van der Waals surface area contributed by atoms with Gasteiger partial charge in [0.05, 0.1) is 12.5 Å². The third-order valence-electron chi connectivity index (χ3n) is 7.57. The lowest BCUT2D eigenvalue weighted by atomic mass is 10.1. The summed E-state index contributed by atoms with van der Waals surface area (Å²) in [4.78, 5) is 12.9. The molecular weight excluding hydrogens is 468 g/mol. The van der Waals surface area contributed by atoms with Crippen molar-refractivity contribution in [1.82, 2.24) is 19.5 Å². The van der Waals surface area contributed by atoms with E-state index in [2.05, 4.69) is 87.8 Å². The van der Waals surface area contributed by atoms with Crippen LogP contribution >= 0.6 is 0 Å². The van der Waals surface area contributed by atoms with Gasteiger partial charge >= 0.3 is 0 Å². The van der Waals surface area contributed by atoms with Gasteiger partial charge in [0.25, 0.3) is 0 Å². The summed E-state index contributed by atoms with van der Waals surface area (Å²) >= 11 is 0. The van der Waals surface area contributed by atoms with Gasteiger partial charge < -0.3 is 24.5 Å². The van der Waals surface area contributed by atoms with Crippen LogP contribution in [0.4, 0.5) is 5.82 Å². The van der Waals surface area contributed by atoms with E-state index in [4.69, 9.17) is 19.3 Å². The second-order valence-corrected chi connectivity index (χ2v) is 21.5. The summed E-state index contributed by atoms with van der Waals surface area (Å²) in [6, 6.07) is 0. The van der Waals surface area contributed by atoms with Crippen molar-refractivity contribution < 1.29 is 18.8 Å². The monoisotopic (exact) mass is 508 g/mol. The molecule has 0 spiro atoms. The predicted molar refractivity (Wildman–Crippen MR) is 138 cm³/mol. The molecule has 3 rings (SSSR count). The van der Waals surface area contributed by atoms with E-state index >= 15 is 0 Å². The smallest absolute Gasteiger partial charge is 0.192 e. The molecule has 4 atom stereocenters. The minimum absolute atomic E-state index is 0.0309. The maximum absolute atomic E-state index is 9.43. The van der Waals surface area contributed by atoms with Crippen LogP contribution < -0.4 is 5.73 Å². The summed E-state index contributed by atoms with van der Waals surface area (Å²) in [6.07, 6.45) is 2.25. The van der Waals surface area contributed by atoms with Gasteiger partial charge in [0.1, 0.15) is 30.2 Å². The van der Waals surface area contributed by atoms with E-state index in [-0.39, 0.29) is 10.1 Å². The van der Waals surface area contributed by atoms with Gasteiger partial charge in [0.15, 0.2) is 34.3 Å². The van der Waals surface area contributed by atoms with Crippen molar-refractivity contribution in [3.8, 4) is 0 Å². The lowest BCUT2D eigenvalue weighted by Gasteiger charge is -2.43. The van der Waals surface area contributed by atoms with Gasteiger partial charge in [0, 0.05) is 0 Å². The zero-order chi connectivity index (χ0) is 25.7. The Morgan fingerprint density at radius 2 is 1.56 bits per heavy atom. The molecule has 34 heavy (non-hydrogen) atoms. The van der Waals surface area contributed by atoms with E-state index in [9.17, 15) is 5.21 Å². The topological polar surface area (TPSA) is 130 Å². The first-order valence-electron chi connectivity index (χ1n) is 11.6. The van der Waals surface area contributed by atoms with Crippen molar-refractivity contribution in [2.75, 3.05) is 5.73 Å². The molecule has 3 heterocycles. The van der Waals surface area contributed by atoms with Crippen LogP contribution in [-0.2, 0) is 13.6 Å². The molecule has 0 aromatic carbocycles. The van der Waals surface area contributed by atoms with Crippen molar-refractivity contribution >= 4 is 39.8 Å². The van der Waals surface area contributed by atoms with Gasteiger partial charge in [-0.1, -0.05) is 46.7 Å². The molecule has 0 aliphatic carbocycles. The van der Waals surface area contributed by atoms with Crippen LogP contribution in [0.15, 0.2) is 17.8 Å². The van der Waals surface area contributed by atoms with E-state index < -0.39 is 41.2 Å². The number of fused-ring (bicyclic) bond motifs is 1. The Morgan fingerprint density at radius 1 is 1.00 bits per heavy atom. The summed E-state index contributed by atoms with van der Waals surface area (Å²) in [5, 5.41) is 12.7. The highest BCUT2D eigenvalue weighted by molar-refractivity contribution is 6.74. The molecule has 2 aromatic rings. The van der Waals surface area contributed by atoms with Gasteiger partial charge in [-0.15, -0.1) is 0 Å². The van der Waals surface area contributed by atoms with Crippen LogP contribution in [0.3, 0.4) is 0 Å². The number of nitrogens with two attached hydrogens (primary N) is 1. The van der Waals surface area contributed by atoms with Crippen molar-refractivity contribution in [1.29, 1.82) is 0 Å². The highest BCUT2D eigenvalue weighted by atomic mass is 28.4. The van der Waals surface area contributed by atoms with Crippen LogP contribution in [0.2, 0.25) is 36.3 Å². The number of hydrogen-bond acceptors (Lipinski definition) is 9. The van der Waals surface area contributed by atoms with Gasteiger partial charge in [-0.05, 0) is 36.3 Å². The normalized spacial score (nSPS) is 25.0. The molecule has 0 saturated carbocycles. The number of nitrogens with zero attached hydrogens (tertiary/aromatic N) is 5. The van der Waals surface area contributed by atoms with Gasteiger partial charge in [-0.25, -0.2) is 15.0 Å². The average molecular weight is 509 g/mol. The molecule has 0 unspecified atom stereocenters. The molecule has 2 aromatic heterocycles. The van der Waals surface area contributed by atoms with E-state index in [1.165, 1.54) is 12.5 Å². The molecule has 1 fully saturated rings. The van der Waals surface area contributed by atoms with E-state index in [1.54, 1.807) is 6.33 Å². The summed E-state index contributed by atoms with van der Waals surface area (Å²) in [5.41, 5.74) is 7.08. The summed E-state index contributed by atoms with van der Waals surface area (Å²) in [6.45, 7) is 21.9. The first-order chi connectivity index (χ1) is 15.5. The third kappa shape index (κ3) is 4.92. The summed E-state index contributed by atoms with van der Waals surface area (Å²) < 4.78 is 22.1. The van der Waals surface area contributed by atoms with Gasteiger partial charge in [0.2, 0.25) is 0 Å². The zero-order valence-corrected chi connectivity index (χ0v) is 24.0. The molecule has 0 radical (unpaired) electrons. The number of imidazole rings is 1. The molecule has 3 N–H and O–H groups in total. The summed E-state index contributed by atoms with van der Waals surface area (Å²) in [7, 11) is -4.50. The van der Waals surface area contributed by atoms with Crippen LogP contribution in [0.1, 0.15) is 47.8 Å². The Labute approximate surface area is 204 Å². The van der Waals surface area contributed by atoms with Crippen LogP contribution in [0.25, 0.3) is 11.2 Å². The van der Waals surface area contributed by atoms with Gasteiger partial charge in [-0.3, -0.25) is 4.57 Å². The molecular formula is C22H40N6O4Si2. The Hall–Kier alpha value is -1.87. The van der Waals surface area contributed by atoms with Crippen molar-refractivity contribution in [2.45, 2.75) is 102 Å². The zero-order valence-electron chi connectivity index (χ0n) is 22.0. The van der Waals surface area contributed by atoms with E-state index in [1.807, 2.05) is 4.57 Å². The van der Waals surface area contributed by atoms with E-state index in [0.717, 1.165) is 0 Å². The van der Waals surface area contributed by atoms with Crippen LogP contribution in [0.5, 0.6) is 0 Å². The number of nitrogen functional groups attached to an aromatic ring is 1. The van der Waals surface area contributed by atoms with E-state index in [0.29, 0.717) is 17.0 Å². The van der Waals surface area contributed by atoms with Crippen LogP contribution in [-0.4, -0.2) is 65.9 Å². The standard InChI is InChI=1S/C22H40N6O4Si2/c1-21(2,3)33(7,8)31-16-14(11-27-29)30-20(17(16)32-34(9,10)22(4,5)6)28-13-26-15-18(23)24-12-25-19(15)28/h11-14,16-17,20,29H,1-10H3,(H2,23,24,25)/b27-11+/t14-,16-,17-,20-/m0/s1. The number of rotatable bonds is 6. The van der Waals surface area contributed by atoms with Crippen LogP contribution in [0, 0.1) is 0 Å². The number of anilines is 1. The Kier molecular flexibility index (Phi) is 7.05. The quantitative estimate of drug-likeness (QED) is 0.252. The molecule has 0 bridgehead atoms. The second-order valence-electron chi connectivity index (χ2n) is 12.0. The summed E-state index contributed by atoms with van der Waals surface area (Å²) in [5.74, 6) is 0.297. The maximum Gasteiger partial charge on any atom is 0.192 e. The first-order valence-corrected chi connectivity index (χ1v) is 17.4. The maximum atomic E-state index is 9.43. The largest absolute Gasteiger partial charge is 0.411 e. The minimum atomic E-state index is -2.26. The highest BCUT2D eigenvalue weighted by Crippen LogP contribution is 2.45. The third-order valence-corrected chi connectivity index (χ3v) is 16.5. The number of oxime groups is 1. The lowest BCUT2D eigenvalue weighted by Crippen LogP contribution is -2.53. The fraction of sp³-hybridized carbons (Fsp3) is 0.727. The number of ether oxygens (including phenoxy) is 1. The average Bonchev–Trinajstić information content (AvgIpc) is 3.23. The molecule has 0 amide bonds. The van der Waals surface area contributed by atoms with Crippen molar-refractivity contribution in [3.05, 3.63) is 12.7 Å². The SMILES string of the molecule is CC(C)(C)[Si](C)(C)O[C@@H]1[C@H](O[Si](C)(C)C(C)(C)C)[C@@H](n2cnc3c(N)ncnc32)O[C@H]1/C=N/O. The minimum Gasteiger partial charge on any atom is -0.411 e. The number of aromatic nitrogens is 4. The second kappa shape index (κ2) is 8.97. The van der Waals surface area contributed by atoms with Gasteiger partial charge in [-0.2, -0.15) is 0 Å². The molecule has 190 valence electrons. The fourth-order valence-corrected chi connectivity index (χ4v) is 6.01. The Balaban J connectivity index is 2.14.